The van der Waals surface area contributed by atoms with E-state index in [0.29, 0.717) is 19.5 Å². The summed E-state index contributed by atoms with van der Waals surface area (Å²) < 4.78 is 29.4. The fraction of sp³-hybridized carbons (Fsp3) is 0.314. The molecule has 0 bridgehead atoms. The molecule has 2 N–H and O–H groups in total. The molecule has 4 aromatic carbocycles. The van der Waals surface area contributed by atoms with Gasteiger partial charge < -0.3 is 10.4 Å². The molecular formula is C35H42N4O5S. The quantitative estimate of drug-likeness (QED) is 0.116. The summed E-state index contributed by atoms with van der Waals surface area (Å²) >= 11 is 0. The lowest BCUT2D eigenvalue weighted by Gasteiger charge is -2.37. The fourth-order valence-corrected chi connectivity index (χ4v) is 7.12. The minimum absolute atomic E-state index is 0.0594. The highest BCUT2D eigenvalue weighted by molar-refractivity contribution is 7.89. The molecule has 238 valence electrons. The number of rotatable bonds is 16. The third-order valence-corrected chi connectivity index (χ3v) is 9.52. The second kappa shape index (κ2) is 15.8. The average molecular weight is 631 g/mol. The maximum Gasteiger partial charge on any atom is 0.293 e. The second-order valence-electron chi connectivity index (χ2n) is 11.6. The van der Waals surface area contributed by atoms with E-state index in [1.807, 2.05) is 105 Å². The molecule has 0 fully saturated rings. The first-order valence-electron chi connectivity index (χ1n) is 15.1. The summed E-state index contributed by atoms with van der Waals surface area (Å²) in [6, 6.07) is 33.3. The van der Waals surface area contributed by atoms with E-state index in [2.05, 4.69) is 10.2 Å². The number of aliphatic hydroxyl groups is 1. The fourth-order valence-electron chi connectivity index (χ4n) is 5.48. The second-order valence-corrected chi connectivity index (χ2v) is 13.5. The van der Waals surface area contributed by atoms with Crippen LogP contribution in [-0.2, 0) is 29.5 Å². The largest absolute Gasteiger partial charge is 0.390 e. The Hall–Kier alpha value is -4.09. The monoisotopic (exact) mass is 630 g/mol. The van der Waals surface area contributed by atoms with Crippen molar-refractivity contribution in [3.8, 4) is 0 Å². The highest BCUT2D eigenvalue weighted by Crippen LogP contribution is 2.30. The summed E-state index contributed by atoms with van der Waals surface area (Å²) in [5.41, 5.74) is 3.05. The minimum atomic E-state index is -4.20. The van der Waals surface area contributed by atoms with Gasteiger partial charge in [0, 0.05) is 45.3 Å². The molecule has 2 atom stereocenters. The van der Waals surface area contributed by atoms with Gasteiger partial charge in [0.2, 0.25) is 10.0 Å². The number of aliphatic hydroxyl groups excluding tert-OH is 1. The molecule has 9 nitrogen and oxygen atoms in total. The number of nitro groups is 1. The minimum Gasteiger partial charge on any atom is -0.390 e. The lowest BCUT2D eigenvalue weighted by Crippen LogP contribution is -2.50. The Labute approximate surface area is 266 Å². The molecule has 4 rings (SSSR count). The maximum absolute atomic E-state index is 14.1. The Morgan fingerprint density at radius 3 is 1.78 bits per heavy atom. The third kappa shape index (κ3) is 9.21. The molecule has 0 heterocycles. The normalized spacial score (nSPS) is 13.2. The predicted molar refractivity (Wildman–Crippen MR) is 178 cm³/mol. The number of sulfonamides is 1. The van der Waals surface area contributed by atoms with E-state index < -0.39 is 27.1 Å². The summed E-state index contributed by atoms with van der Waals surface area (Å²) in [6.07, 6.45) is -0.600. The highest BCUT2D eigenvalue weighted by Gasteiger charge is 2.34. The predicted octanol–water partition coefficient (Wildman–Crippen LogP) is 5.96. The van der Waals surface area contributed by atoms with Gasteiger partial charge in [0.25, 0.3) is 5.69 Å². The van der Waals surface area contributed by atoms with Crippen LogP contribution < -0.4 is 5.32 Å². The molecule has 2 unspecified atom stereocenters. The van der Waals surface area contributed by atoms with Crippen LogP contribution in [0.3, 0.4) is 0 Å². The van der Waals surface area contributed by atoms with Crippen LogP contribution in [0, 0.1) is 16.0 Å². The van der Waals surface area contributed by atoms with Gasteiger partial charge in [-0.1, -0.05) is 105 Å². The van der Waals surface area contributed by atoms with Crippen LogP contribution in [0.25, 0.3) is 0 Å². The SMILES string of the molecule is CNc1ccc(S(=O)(=O)N(CC(C)C)CC(O)C(Cc2ccccc2)N(Cc2ccccc2)Cc2ccccc2)cc1[N+](=O)[O-]. The van der Waals surface area contributed by atoms with Crippen LogP contribution in [0.15, 0.2) is 114 Å². The van der Waals surface area contributed by atoms with Crippen LogP contribution in [0.4, 0.5) is 11.4 Å². The zero-order valence-electron chi connectivity index (χ0n) is 26.0. The van der Waals surface area contributed by atoms with E-state index in [1.165, 1.54) is 16.4 Å². The first-order valence-corrected chi connectivity index (χ1v) is 16.5. The first kappa shape index (κ1) is 33.8. The van der Waals surface area contributed by atoms with Gasteiger partial charge in [0.05, 0.1) is 15.9 Å². The third-order valence-electron chi connectivity index (χ3n) is 7.69. The zero-order chi connectivity index (χ0) is 32.4. The number of nitrogens with zero attached hydrogens (tertiary/aromatic N) is 3. The van der Waals surface area contributed by atoms with Crippen molar-refractivity contribution >= 4 is 21.4 Å². The van der Waals surface area contributed by atoms with Crippen LogP contribution in [0.5, 0.6) is 0 Å². The highest BCUT2D eigenvalue weighted by atomic mass is 32.2. The molecule has 4 aromatic rings. The molecule has 0 saturated carbocycles. The summed E-state index contributed by atoms with van der Waals surface area (Å²) in [5.74, 6) is -0.0594. The van der Waals surface area contributed by atoms with E-state index in [9.17, 15) is 23.6 Å². The number of hydrogen-bond donors (Lipinski definition) is 2. The van der Waals surface area contributed by atoms with Gasteiger partial charge in [-0.3, -0.25) is 15.0 Å². The first-order chi connectivity index (χ1) is 21.6. The van der Waals surface area contributed by atoms with Crippen LogP contribution in [0.2, 0.25) is 0 Å². The summed E-state index contributed by atoms with van der Waals surface area (Å²) in [6.45, 7) is 4.84. The number of nitrogens with one attached hydrogen (secondary N) is 1. The standard InChI is InChI=1S/C35H42N4O5S/c1-27(2)23-38(45(43,44)31-19-20-32(36-3)33(22-31)39(41)42)26-35(40)34(21-28-13-7-4-8-14-28)37(24-29-15-9-5-10-16-29)25-30-17-11-6-12-18-30/h4-20,22,27,34-36,40H,21,23-26H2,1-3H3. The van der Waals surface area contributed by atoms with Gasteiger partial charge in [-0.25, -0.2) is 8.42 Å². The molecule has 10 heteroatoms. The zero-order valence-corrected chi connectivity index (χ0v) is 26.8. The van der Waals surface area contributed by atoms with Gasteiger partial charge >= 0.3 is 0 Å². The molecule has 0 saturated heterocycles. The van der Waals surface area contributed by atoms with Crippen molar-refractivity contribution in [2.24, 2.45) is 5.92 Å². The van der Waals surface area contributed by atoms with Gasteiger partial charge in [0.15, 0.2) is 0 Å². The van der Waals surface area contributed by atoms with Crippen molar-refractivity contribution in [1.29, 1.82) is 0 Å². The molecule has 0 aliphatic carbocycles. The van der Waals surface area contributed by atoms with Crippen molar-refractivity contribution in [3.05, 3.63) is 136 Å². The smallest absolute Gasteiger partial charge is 0.293 e. The summed E-state index contributed by atoms with van der Waals surface area (Å²) in [5, 5.41) is 26.5. The Bertz CT molecular complexity index is 1580. The van der Waals surface area contributed by atoms with Gasteiger partial charge in [-0.05, 0) is 41.2 Å². The van der Waals surface area contributed by atoms with Crippen molar-refractivity contribution < 1.29 is 18.4 Å². The Morgan fingerprint density at radius 2 is 1.31 bits per heavy atom. The summed E-state index contributed by atoms with van der Waals surface area (Å²) in [4.78, 5) is 13.1. The molecule has 0 spiro atoms. The van der Waals surface area contributed by atoms with Gasteiger partial charge in [-0.2, -0.15) is 4.31 Å². The molecule has 0 aliphatic rings. The number of anilines is 1. The van der Waals surface area contributed by atoms with Crippen LogP contribution >= 0.6 is 0 Å². The number of nitro benzene ring substituents is 1. The Morgan fingerprint density at radius 1 is 0.800 bits per heavy atom. The van der Waals surface area contributed by atoms with Crippen molar-refractivity contribution in [2.45, 2.75) is 50.4 Å². The van der Waals surface area contributed by atoms with Gasteiger partial charge in [0.1, 0.15) is 5.69 Å². The van der Waals surface area contributed by atoms with Crippen molar-refractivity contribution in [2.75, 3.05) is 25.5 Å². The lowest BCUT2D eigenvalue weighted by atomic mass is 9.97. The molecule has 0 amide bonds. The molecule has 0 aromatic heterocycles. The summed E-state index contributed by atoms with van der Waals surface area (Å²) in [7, 11) is -2.66. The molecular weight excluding hydrogens is 588 g/mol. The van der Waals surface area contributed by atoms with E-state index in [1.54, 1.807) is 7.05 Å². The number of hydrogen-bond acceptors (Lipinski definition) is 7. The van der Waals surface area contributed by atoms with Crippen molar-refractivity contribution in [1.82, 2.24) is 9.21 Å². The van der Waals surface area contributed by atoms with Gasteiger partial charge in [-0.15, -0.1) is 0 Å². The Kier molecular flexibility index (Phi) is 11.8. The van der Waals surface area contributed by atoms with E-state index in [-0.39, 0.29) is 35.3 Å². The Balaban J connectivity index is 1.73. The maximum atomic E-state index is 14.1. The lowest BCUT2D eigenvalue weighted by molar-refractivity contribution is -0.384. The molecule has 45 heavy (non-hydrogen) atoms. The molecule has 0 aliphatic heterocycles. The molecule has 0 radical (unpaired) electrons. The van der Waals surface area contributed by atoms with E-state index in [4.69, 9.17) is 0 Å². The average Bonchev–Trinajstić information content (AvgIpc) is 3.04. The number of benzene rings is 4. The van der Waals surface area contributed by atoms with Crippen LogP contribution in [-0.4, -0.2) is 59.9 Å². The van der Waals surface area contributed by atoms with Crippen LogP contribution in [0.1, 0.15) is 30.5 Å². The topological polar surface area (TPSA) is 116 Å². The van der Waals surface area contributed by atoms with E-state index >= 15 is 0 Å². The van der Waals surface area contributed by atoms with E-state index in [0.717, 1.165) is 22.8 Å². The van der Waals surface area contributed by atoms with Crippen molar-refractivity contribution in [3.63, 3.8) is 0 Å².